The molecule has 2 N–H and O–H groups in total. The Bertz CT molecular complexity index is 285. The first kappa shape index (κ1) is 14.7. The van der Waals surface area contributed by atoms with Crippen molar-refractivity contribution in [2.24, 2.45) is 11.7 Å². The van der Waals surface area contributed by atoms with E-state index in [4.69, 9.17) is 10.5 Å². The highest BCUT2D eigenvalue weighted by molar-refractivity contribution is 7.80. The minimum Gasteiger partial charge on any atom is -0.393 e. The van der Waals surface area contributed by atoms with Crippen molar-refractivity contribution in [3.05, 3.63) is 0 Å². The van der Waals surface area contributed by atoms with E-state index in [1.54, 1.807) is 4.90 Å². The SMILES string of the molecule is CC1CN(CC(C(N)=S)C(F)(F)F)C(C)CO1. The lowest BCUT2D eigenvalue weighted by molar-refractivity contribution is -0.165. The molecule has 1 aliphatic heterocycles. The number of hydrogen-bond donors (Lipinski definition) is 1. The summed E-state index contributed by atoms with van der Waals surface area (Å²) in [6.07, 6.45) is -4.45. The topological polar surface area (TPSA) is 38.5 Å². The maximum atomic E-state index is 12.7. The van der Waals surface area contributed by atoms with E-state index in [2.05, 4.69) is 12.2 Å². The number of hydrogen-bond acceptors (Lipinski definition) is 3. The summed E-state index contributed by atoms with van der Waals surface area (Å²) in [5.41, 5.74) is 5.17. The molecule has 1 saturated heterocycles. The number of rotatable bonds is 3. The summed E-state index contributed by atoms with van der Waals surface area (Å²) in [7, 11) is 0. The quantitative estimate of drug-likeness (QED) is 0.790. The van der Waals surface area contributed by atoms with E-state index in [1.165, 1.54) is 0 Å². The van der Waals surface area contributed by atoms with Gasteiger partial charge in [-0.3, -0.25) is 4.90 Å². The normalized spacial score (nSPS) is 29.0. The number of morpholine rings is 1. The fourth-order valence-corrected chi connectivity index (χ4v) is 2.02. The lowest BCUT2D eigenvalue weighted by Crippen LogP contribution is -2.52. The van der Waals surface area contributed by atoms with Crippen LogP contribution in [0.25, 0.3) is 0 Å². The highest BCUT2D eigenvalue weighted by Gasteiger charge is 2.43. The molecule has 100 valence electrons. The van der Waals surface area contributed by atoms with E-state index < -0.39 is 17.1 Å². The molecule has 1 fully saturated rings. The van der Waals surface area contributed by atoms with E-state index in [9.17, 15) is 13.2 Å². The molecule has 0 aromatic carbocycles. The van der Waals surface area contributed by atoms with E-state index in [0.29, 0.717) is 13.2 Å². The van der Waals surface area contributed by atoms with Crippen LogP contribution in [-0.2, 0) is 4.74 Å². The van der Waals surface area contributed by atoms with Gasteiger partial charge in [0.25, 0.3) is 0 Å². The first-order valence-corrected chi connectivity index (χ1v) is 5.84. The molecule has 3 nitrogen and oxygen atoms in total. The second-order valence-corrected chi connectivity index (χ2v) is 4.91. The Kier molecular flexibility index (Phi) is 4.74. The molecule has 1 aliphatic rings. The molecule has 0 aromatic rings. The van der Waals surface area contributed by atoms with Gasteiger partial charge in [-0.2, -0.15) is 13.2 Å². The van der Waals surface area contributed by atoms with Crippen molar-refractivity contribution in [3.8, 4) is 0 Å². The standard InChI is InChI=1S/C10H17F3N2OS/c1-6-5-16-7(2)3-15(6)4-8(9(14)17)10(11,12)13/h6-8H,3-5H2,1-2H3,(H2,14,17). The summed E-state index contributed by atoms with van der Waals surface area (Å²) in [6.45, 7) is 4.38. The van der Waals surface area contributed by atoms with E-state index in [-0.39, 0.29) is 18.7 Å². The highest BCUT2D eigenvalue weighted by Crippen LogP contribution is 2.28. The van der Waals surface area contributed by atoms with Gasteiger partial charge in [0.2, 0.25) is 0 Å². The number of nitrogens with two attached hydrogens (primary N) is 1. The maximum absolute atomic E-state index is 12.7. The molecule has 3 unspecified atom stereocenters. The molecular formula is C10H17F3N2OS. The number of ether oxygens (including phenoxy) is 1. The zero-order chi connectivity index (χ0) is 13.2. The van der Waals surface area contributed by atoms with E-state index in [1.807, 2.05) is 13.8 Å². The van der Waals surface area contributed by atoms with Crippen LogP contribution in [0.15, 0.2) is 0 Å². The van der Waals surface area contributed by atoms with Crippen molar-refractivity contribution < 1.29 is 17.9 Å². The zero-order valence-electron chi connectivity index (χ0n) is 9.83. The lowest BCUT2D eigenvalue weighted by atomic mass is 10.1. The van der Waals surface area contributed by atoms with Crippen molar-refractivity contribution in [2.45, 2.75) is 32.2 Å². The van der Waals surface area contributed by atoms with Crippen LogP contribution in [0.2, 0.25) is 0 Å². The Morgan fingerprint density at radius 1 is 1.53 bits per heavy atom. The number of nitrogens with zero attached hydrogens (tertiary/aromatic N) is 1. The Labute approximate surface area is 104 Å². The molecule has 0 aliphatic carbocycles. The van der Waals surface area contributed by atoms with Gasteiger partial charge in [-0.05, 0) is 13.8 Å². The molecule has 1 rings (SSSR count). The molecule has 7 heteroatoms. The molecule has 0 amide bonds. The van der Waals surface area contributed by atoms with Crippen molar-refractivity contribution in [3.63, 3.8) is 0 Å². The minimum atomic E-state index is -4.38. The van der Waals surface area contributed by atoms with Crippen LogP contribution in [0.5, 0.6) is 0 Å². The van der Waals surface area contributed by atoms with Gasteiger partial charge in [0, 0.05) is 19.1 Å². The third kappa shape index (κ3) is 4.08. The zero-order valence-corrected chi connectivity index (χ0v) is 10.6. The van der Waals surface area contributed by atoms with Gasteiger partial charge >= 0.3 is 6.18 Å². The van der Waals surface area contributed by atoms with Gasteiger partial charge in [0.05, 0.1) is 17.7 Å². The number of alkyl halides is 3. The minimum absolute atomic E-state index is 0.0506. The second-order valence-electron chi connectivity index (χ2n) is 4.44. The molecule has 17 heavy (non-hydrogen) atoms. The van der Waals surface area contributed by atoms with Gasteiger partial charge in [0.15, 0.2) is 0 Å². The number of halogens is 3. The predicted molar refractivity (Wildman–Crippen MR) is 62.8 cm³/mol. The second kappa shape index (κ2) is 5.49. The Hall–Kier alpha value is -0.400. The van der Waals surface area contributed by atoms with Crippen LogP contribution < -0.4 is 5.73 Å². The molecule has 3 atom stereocenters. The van der Waals surface area contributed by atoms with Crippen LogP contribution >= 0.6 is 12.2 Å². The van der Waals surface area contributed by atoms with E-state index >= 15 is 0 Å². The molecule has 0 saturated carbocycles. The van der Waals surface area contributed by atoms with Crippen molar-refractivity contribution in [1.82, 2.24) is 4.90 Å². The first-order chi connectivity index (χ1) is 7.71. The summed E-state index contributed by atoms with van der Waals surface area (Å²) >= 11 is 4.50. The molecule has 0 bridgehead atoms. The smallest absolute Gasteiger partial charge is 0.393 e. The summed E-state index contributed by atoms with van der Waals surface area (Å²) in [4.78, 5) is 1.23. The van der Waals surface area contributed by atoms with Crippen molar-refractivity contribution in [1.29, 1.82) is 0 Å². The van der Waals surface area contributed by atoms with Gasteiger partial charge in [-0.1, -0.05) is 12.2 Å². The number of thiocarbonyl (C=S) groups is 1. The fourth-order valence-electron chi connectivity index (χ4n) is 1.82. The summed E-state index contributed by atoms with van der Waals surface area (Å²) in [6, 6.07) is -0.0506. The average Bonchev–Trinajstić information content (AvgIpc) is 2.17. The van der Waals surface area contributed by atoms with Gasteiger partial charge < -0.3 is 10.5 Å². The molecular weight excluding hydrogens is 253 g/mol. The molecule has 0 aromatic heterocycles. The van der Waals surface area contributed by atoms with Crippen LogP contribution in [0.3, 0.4) is 0 Å². The monoisotopic (exact) mass is 270 g/mol. The van der Waals surface area contributed by atoms with Gasteiger partial charge in [0.1, 0.15) is 5.92 Å². The maximum Gasteiger partial charge on any atom is 0.399 e. The fraction of sp³-hybridized carbons (Fsp3) is 0.900. The third-order valence-corrected chi connectivity index (χ3v) is 3.18. The van der Waals surface area contributed by atoms with Crippen LogP contribution in [0, 0.1) is 5.92 Å². The third-order valence-electron chi connectivity index (χ3n) is 2.89. The Morgan fingerprint density at radius 2 is 2.12 bits per heavy atom. The van der Waals surface area contributed by atoms with Crippen molar-refractivity contribution in [2.75, 3.05) is 19.7 Å². The Morgan fingerprint density at radius 3 is 2.59 bits per heavy atom. The van der Waals surface area contributed by atoms with Crippen LogP contribution in [0.4, 0.5) is 13.2 Å². The van der Waals surface area contributed by atoms with Crippen LogP contribution in [-0.4, -0.2) is 47.9 Å². The summed E-state index contributed by atoms with van der Waals surface area (Å²) in [5.74, 6) is -1.75. The summed E-state index contributed by atoms with van der Waals surface area (Å²) in [5, 5.41) is 0. The molecule has 0 spiro atoms. The highest BCUT2D eigenvalue weighted by atomic mass is 32.1. The van der Waals surface area contributed by atoms with Crippen molar-refractivity contribution >= 4 is 17.2 Å². The van der Waals surface area contributed by atoms with Gasteiger partial charge in [-0.25, -0.2) is 0 Å². The first-order valence-electron chi connectivity index (χ1n) is 5.43. The molecule has 1 heterocycles. The lowest BCUT2D eigenvalue weighted by Gasteiger charge is -2.38. The predicted octanol–water partition coefficient (Wildman–Crippen LogP) is 1.56. The summed E-state index contributed by atoms with van der Waals surface area (Å²) < 4.78 is 43.5. The average molecular weight is 270 g/mol. The van der Waals surface area contributed by atoms with E-state index in [0.717, 1.165) is 0 Å². The largest absolute Gasteiger partial charge is 0.399 e. The molecule has 0 radical (unpaired) electrons. The van der Waals surface area contributed by atoms with Gasteiger partial charge in [-0.15, -0.1) is 0 Å². The van der Waals surface area contributed by atoms with Crippen LogP contribution in [0.1, 0.15) is 13.8 Å². The Balaban J connectivity index is 2.69.